The third-order valence-electron chi connectivity index (χ3n) is 3.47. The van der Waals surface area contributed by atoms with Crippen molar-refractivity contribution < 1.29 is 10.1 Å². The van der Waals surface area contributed by atoms with Gasteiger partial charge in [-0.2, -0.15) is 0 Å². The van der Waals surface area contributed by atoms with Gasteiger partial charge >= 0.3 is 0 Å². The zero-order valence-corrected chi connectivity index (χ0v) is 13.0. The molecule has 3 N–H and O–H groups in total. The minimum atomic E-state index is 0.00473. The van der Waals surface area contributed by atoms with E-state index in [1.54, 1.807) is 0 Å². The zero-order valence-electron chi connectivity index (χ0n) is 12.3. The van der Waals surface area contributed by atoms with E-state index in [-0.39, 0.29) is 11.9 Å². The Morgan fingerprint density at radius 3 is 2.52 bits per heavy atom. The number of rotatable bonds is 5. The molecule has 21 heavy (non-hydrogen) atoms. The maximum atomic E-state index is 12.0. The number of halogens is 1. The normalized spacial score (nSPS) is 12.0. The topological polar surface area (TPSA) is 45.7 Å². The van der Waals surface area contributed by atoms with Gasteiger partial charge in [0.15, 0.2) is 6.54 Å². The quantitative estimate of drug-likeness (QED) is 0.876. The summed E-state index contributed by atoms with van der Waals surface area (Å²) in [5.74, 6) is 0.00473. The summed E-state index contributed by atoms with van der Waals surface area (Å²) in [5, 5.41) is 5.67. The fraction of sp³-hybridized carbons (Fsp3) is 0.235. The van der Waals surface area contributed by atoms with Gasteiger partial charge in [0.25, 0.3) is 5.91 Å². The van der Waals surface area contributed by atoms with Crippen molar-refractivity contribution in [1.82, 2.24) is 0 Å². The molecule has 0 saturated heterocycles. The van der Waals surface area contributed by atoms with Crippen LogP contribution in [0.25, 0.3) is 0 Å². The van der Waals surface area contributed by atoms with Crippen LogP contribution in [-0.4, -0.2) is 12.5 Å². The van der Waals surface area contributed by atoms with Crippen LogP contribution in [0.3, 0.4) is 0 Å². The Hall–Kier alpha value is -1.84. The molecule has 0 aliphatic rings. The summed E-state index contributed by atoms with van der Waals surface area (Å²) in [4.78, 5) is 12.0. The first-order chi connectivity index (χ1) is 10.1. The molecule has 0 spiro atoms. The average molecular weight is 304 g/mol. The lowest BCUT2D eigenvalue weighted by atomic mass is 10.1. The predicted octanol–water partition coefficient (Wildman–Crippen LogP) is 2.91. The van der Waals surface area contributed by atoms with Crippen molar-refractivity contribution in [2.24, 2.45) is 0 Å². The van der Waals surface area contributed by atoms with Crippen LogP contribution in [0.15, 0.2) is 48.5 Å². The molecule has 2 aromatic rings. The second-order valence-electron chi connectivity index (χ2n) is 5.14. The van der Waals surface area contributed by atoms with Gasteiger partial charge < -0.3 is 10.6 Å². The maximum Gasteiger partial charge on any atom is 0.279 e. The standard InChI is InChI=1S/C17H19ClN2O/c1-12-5-3-4-6-16(12)20-17(21)11-19-13(2)14-7-9-15(18)10-8-14/h3-10,13,19H,11H2,1-2H3,(H,20,21)/p+1/t13-/m1/s1. The first kappa shape index (κ1) is 15.5. The summed E-state index contributed by atoms with van der Waals surface area (Å²) in [6.45, 7) is 4.44. The third kappa shape index (κ3) is 4.59. The predicted molar refractivity (Wildman–Crippen MR) is 86.5 cm³/mol. The molecule has 3 nitrogen and oxygen atoms in total. The number of nitrogens with two attached hydrogens (primary N) is 1. The molecule has 0 radical (unpaired) electrons. The van der Waals surface area contributed by atoms with Gasteiger partial charge in [0.1, 0.15) is 6.04 Å². The number of quaternary nitrogens is 1. The molecule has 110 valence electrons. The Balaban J connectivity index is 1.86. The average Bonchev–Trinajstić information content (AvgIpc) is 2.48. The van der Waals surface area contributed by atoms with Crippen LogP contribution >= 0.6 is 11.6 Å². The van der Waals surface area contributed by atoms with Gasteiger partial charge in [0.05, 0.1) is 0 Å². The van der Waals surface area contributed by atoms with E-state index >= 15 is 0 Å². The van der Waals surface area contributed by atoms with Gasteiger partial charge in [0, 0.05) is 16.3 Å². The van der Waals surface area contributed by atoms with Crippen molar-refractivity contribution >= 4 is 23.2 Å². The molecule has 0 unspecified atom stereocenters. The Kier molecular flexibility index (Phi) is 5.37. The monoisotopic (exact) mass is 303 g/mol. The molecule has 0 aliphatic heterocycles. The minimum absolute atomic E-state index is 0.00473. The van der Waals surface area contributed by atoms with Crippen molar-refractivity contribution in [3.63, 3.8) is 0 Å². The van der Waals surface area contributed by atoms with Crippen molar-refractivity contribution in [3.8, 4) is 0 Å². The lowest BCUT2D eigenvalue weighted by molar-refractivity contribution is -0.682. The second kappa shape index (κ2) is 7.25. The SMILES string of the molecule is Cc1ccccc1NC(=O)C[NH2+][C@H](C)c1ccc(Cl)cc1. The number of benzene rings is 2. The molecule has 4 heteroatoms. The summed E-state index contributed by atoms with van der Waals surface area (Å²) >= 11 is 5.87. The van der Waals surface area contributed by atoms with E-state index in [0.29, 0.717) is 6.54 Å². The number of aryl methyl sites for hydroxylation is 1. The van der Waals surface area contributed by atoms with E-state index in [1.807, 2.05) is 60.8 Å². The lowest BCUT2D eigenvalue weighted by Crippen LogP contribution is -2.86. The van der Waals surface area contributed by atoms with Crippen LogP contribution in [0.1, 0.15) is 24.1 Å². The van der Waals surface area contributed by atoms with Gasteiger partial charge in [-0.25, -0.2) is 0 Å². The Morgan fingerprint density at radius 2 is 1.86 bits per heavy atom. The molecule has 0 aromatic heterocycles. The Labute approximate surface area is 130 Å². The minimum Gasteiger partial charge on any atom is -0.333 e. The summed E-state index contributed by atoms with van der Waals surface area (Å²) in [7, 11) is 0. The number of carbonyl (C=O) groups is 1. The van der Waals surface area contributed by atoms with E-state index in [1.165, 1.54) is 0 Å². The smallest absolute Gasteiger partial charge is 0.279 e. The van der Waals surface area contributed by atoms with E-state index in [4.69, 9.17) is 11.6 Å². The summed E-state index contributed by atoms with van der Waals surface area (Å²) in [6, 6.07) is 15.7. The number of hydrogen-bond donors (Lipinski definition) is 2. The fourth-order valence-electron chi connectivity index (χ4n) is 2.10. The van der Waals surface area contributed by atoms with Crippen molar-refractivity contribution in [1.29, 1.82) is 0 Å². The van der Waals surface area contributed by atoms with E-state index in [2.05, 4.69) is 12.2 Å². The number of hydrogen-bond acceptors (Lipinski definition) is 1. The van der Waals surface area contributed by atoms with Crippen LogP contribution in [-0.2, 0) is 4.79 Å². The summed E-state index contributed by atoms with van der Waals surface area (Å²) in [6.07, 6.45) is 0. The van der Waals surface area contributed by atoms with Crippen LogP contribution in [0.2, 0.25) is 5.02 Å². The molecule has 0 bridgehead atoms. The van der Waals surface area contributed by atoms with Crippen molar-refractivity contribution in [3.05, 3.63) is 64.7 Å². The molecule has 2 rings (SSSR count). The van der Waals surface area contributed by atoms with Crippen LogP contribution < -0.4 is 10.6 Å². The van der Waals surface area contributed by atoms with Crippen LogP contribution in [0, 0.1) is 6.92 Å². The van der Waals surface area contributed by atoms with E-state index < -0.39 is 0 Å². The molecular formula is C17H20ClN2O+. The highest BCUT2D eigenvalue weighted by Gasteiger charge is 2.12. The molecule has 0 fully saturated rings. The lowest BCUT2D eigenvalue weighted by Gasteiger charge is -2.12. The molecule has 0 aliphatic carbocycles. The molecule has 0 heterocycles. The molecule has 1 atom stereocenters. The van der Waals surface area contributed by atoms with Gasteiger partial charge in [-0.05, 0) is 37.6 Å². The number of para-hydroxylation sites is 1. The van der Waals surface area contributed by atoms with Crippen LogP contribution in [0.4, 0.5) is 5.69 Å². The first-order valence-corrected chi connectivity index (χ1v) is 7.38. The highest BCUT2D eigenvalue weighted by atomic mass is 35.5. The zero-order chi connectivity index (χ0) is 15.2. The van der Waals surface area contributed by atoms with Gasteiger partial charge in [0.2, 0.25) is 0 Å². The maximum absolute atomic E-state index is 12.0. The second-order valence-corrected chi connectivity index (χ2v) is 5.58. The highest BCUT2D eigenvalue weighted by Crippen LogP contribution is 2.14. The third-order valence-corrected chi connectivity index (χ3v) is 3.72. The van der Waals surface area contributed by atoms with Crippen LogP contribution in [0.5, 0.6) is 0 Å². The first-order valence-electron chi connectivity index (χ1n) is 7.00. The summed E-state index contributed by atoms with van der Waals surface area (Å²) < 4.78 is 0. The van der Waals surface area contributed by atoms with Gasteiger partial charge in [-0.1, -0.05) is 41.9 Å². The van der Waals surface area contributed by atoms with Gasteiger partial charge in [-0.15, -0.1) is 0 Å². The fourth-order valence-corrected chi connectivity index (χ4v) is 2.23. The molecular weight excluding hydrogens is 284 g/mol. The highest BCUT2D eigenvalue weighted by molar-refractivity contribution is 6.30. The Bertz CT molecular complexity index is 610. The van der Waals surface area contributed by atoms with E-state index in [0.717, 1.165) is 21.8 Å². The number of amides is 1. The molecule has 2 aromatic carbocycles. The van der Waals surface area contributed by atoms with Gasteiger partial charge in [-0.3, -0.25) is 4.79 Å². The number of carbonyl (C=O) groups excluding carboxylic acids is 1. The Morgan fingerprint density at radius 1 is 1.19 bits per heavy atom. The molecule has 0 saturated carbocycles. The summed E-state index contributed by atoms with van der Waals surface area (Å²) in [5.41, 5.74) is 3.09. The van der Waals surface area contributed by atoms with E-state index in [9.17, 15) is 4.79 Å². The largest absolute Gasteiger partial charge is 0.333 e. The van der Waals surface area contributed by atoms with Crippen molar-refractivity contribution in [2.75, 3.05) is 11.9 Å². The van der Waals surface area contributed by atoms with Crippen molar-refractivity contribution in [2.45, 2.75) is 19.9 Å². The number of anilines is 1. The number of nitrogens with one attached hydrogen (secondary N) is 1. The molecule has 1 amide bonds.